The molecule has 3 nitrogen and oxygen atoms in total. The van der Waals surface area contributed by atoms with Crippen LogP contribution in [-0.2, 0) is 0 Å². The number of thiophene rings is 1. The molecule has 0 radical (unpaired) electrons. The van der Waals surface area contributed by atoms with Gasteiger partial charge in [0.05, 0.1) is 5.69 Å². The van der Waals surface area contributed by atoms with Crippen molar-refractivity contribution in [3.8, 4) is 22.6 Å². The molecular formula is C41H26N2OS. The van der Waals surface area contributed by atoms with Gasteiger partial charge in [-0.1, -0.05) is 109 Å². The molecule has 2 heterocycles. The molecule has 212 valence electrons. The summed E-state index contributed by atoms with van der Waals surface area (Å²) in [4.78, 5) is 7.51. The van der Waals surface area contributed by atoms with Gasteiger partial charge in [-0.3, -0.25) is 0 Å². The summed E-state index contributed by atoms with van der Waals surface area (Å²) in [5.74, 6) is 0.612. The highest BCUT2D eigenvalue weighted by atomic mass is 32.1. The smallest absolute Gasteiger partial charge is 0.227 e. The van der Waals surface area contributed by atoms with Crippen molar-refractivity contribution >= 4 is 70.4 Å². The molecule has 0 N–H and O–H groups in total. The van der Waals surface area contributed by atoms with Gasteiger partial charge in [-0.2, -0.15) is 0 Å². The van der Waals surface area contributed by atoms with Crippen molar-refractivity contribution in [2.24, 2.45) is 0 Å². The standard InChI is InChI=1S/C41H26N2OS/c1-3-12-27(13-4-1)29-17-11-18-31(24-29)43(32-22-23-35-34-20-9-10-21-37(34)45-38(35)26-32)36-25-30-16-7-8-19-33(30)40-39(36)42-41(44-40)28-14-5-2-6-15-28/h1-26H. The van der Waals surface area contributed by atoms with Crippen molar-refractivity contribution in [3.63, 3.8) is 0 Å². The second-order valence-corrected chi connectivity index (χ2v) is 12.3. The summed E-state index contributed by atoms with van der Waals surface area (Å²) < 4.78 is 9.14. The van der Waals surface area contributed by atoms with Crippen LogP contribution in [0.4, 0.5) is 17.1 Å². The summed E-state index contributed by atoms with van der Waals surface area (Å²) in [5, 5.41) is 4.71. The molecule has 0 spiro atoms. The first kappa shape index (κ1) is 25.8. The van der Waals surface area contributed by atoms with Crippen molar-refractivity contribution < 1.29 is 4.42 Å². The molecule has 9 rings (SSSR count). The van der Waals surface area contributed by atoms with Crippen LogP contribution >= 0.6 is 11.3 Å². The third-order valence-electron chi connectivity index (χ3n) is 8.46. The molecule has 0 saturated heterocycles. The predicted octanol–water partition coefficient (Wildman–Crippen LogP) is 12.2. The SMILES string of the molecule is c1ccc(-c2cccc(N(c3ccc4c(c3)sc3ccccc34)c3cc4ccccc4c4oc(-c5ccccc5)nc34)c2)cc1. The topological polar surface area (TPSA) is 29.3 Å². The lowest BCUT2D eigenvalue weighted by atomic mass is 10.0. The van der Waals surface area contributed by atoms with Gasteiger partial charge in [0.2, 0.25) is 5.89 Å². The van der Waals surface area contributed by atoms with Gasteiger partial charge in [0, 0.05) is 42.5 Å². The minimum atomic E-state index is 0.612. The molecule has 0 amide bonds. The predicted molar refractivity (Wildman–Crippen MR) is 190 cm³/mol. The maximum atomic E-state index is 6.60. The Morgan fingerprint density at radius 3 is 2.00 bits per heavy atom. The molecular weight excluding hydrogens is 569 g/mol. The Balaban J connectivity index is 1.33. The summed E-state index contributed by atoms with van der Waals surface area (Å²) in [5.41, 5.74) is 7.99. The lowest BCUT2D eigenvalue weighted by Crippen LogP contribution is -2.10. The zero-order chi connectivity index (χ0) is 29.7. The van der Waals surface area contributed by atoms with Gasteiger partial charge in [-0.05, 0) is 65.0 Å². The van der Waals surface area contributed by atoms with Crippen LogP contribution in [0.2, 0.25) is 0 Å². The summed E-state index contributed by atoms with van der Waals surface area (Å²) >= 11 is 1.83. The van der Waals surface area contributed by atoms with Crippen molar-refractivity contribution in [1.82, 2.24) is 4.98 Å². The monoisotopic (exact) mass is 594 g/mol. The van der Waals surface area contributed by atoms with Crippen LogP contribution in [0.1, 0.15) is 0 Å². The summed E-state index contributed by atoms with van der Waals surface area (Å²) in [7, 11) is 0. The second-order valence-electron chi connectivity index (χ2n) is 11.2. The van der Waals surface area contributed by atoms with Gasteiger partial charge < -0.3 is 9.32 Å². The molecule has 0 aliphatic rings. The molecule has 0 aliphatic heterocycles. The van der Waals surface area contributed by atoms with E-state index in [2.05, 4.69) is 132 Å². The van der Waals surface area contributed by atoms with E-state index < -0.39 is 0 Å². The Bertz CT molecular complexity index is 2500. The van der Waals surface area contributed by atoms with E-state index in [-0.39, 0.29) is 0 Å². The molecule has 2 aromatic heterocycles. The van der Waals surface area contributed by atoms with Crippen LogP contribution in [0.25, 0.3) is 64.6 Å². The van der Waals surface area contributed by atoms with Crippen molar-refractivity contribution in [2.75, 3.05) is 4.90 Å². The minimum Gasteiger partial charge on any atom is -0.435 e. The first-order valence-corrected chi connectivity index (χ1v) is 15.9. The average Bonchev–Trinajstić information content (AvgIpc) is 3.72. The summed E-state index contributed by atoms with van der Waals surface area (Å²) in [6, 6.07) is 55.5. The third-order valence-corrected chi connectivity index (χ3v) is 9.59. The van der Waals surface area contributed by atoms with E-state index in [1.165, 1.54) is 25.7 Å². The van der Waals surface area contributed by atoms with Crippen LogP contribution in [0, 0.1) is 0 Å². The zero-order valence-electron chi connectivity index (χ0n) is 24.2. The summed E-state index contributed by atoms with van der Waals surface area (Å²) in [6.07, 6.45) is 0. The van der Waals surface area contributed by atoms with Crippen LogP contribution in [0.5, 0.6) is 0 Å². The fraction of sp³-hybridized carbons (Fsp3) is 0. The van der Waals surface area contributed by atoms with Crippen LogP contribution in [0.3, 0.4) is 0 Å². The molecule has 0 aliphatic carbocycles. The van der Waals surface area contributed by atoms with E-state index in [0.717, 1.165) is 50.1 Å². The first-order valence-electron chi connectivity index (χ1n) is 15.0. The summed E-state index contributed by atoms with van der Waals surface area (Å²) in [6.45, 7) is 0. The fourth-order valence-electron chi connectivity index (χ4n) is 6.33. The molecule has 4 heteroatoms. The highest BCUT2D eigenvalue weighted by Gasteiger charge is 2.23. The number of hydrogen-bond donors (Lipinski definition) is 0. The van der Waals surface area contributed by atoms with Crippen molar-refractivity contribution in [3.05, 3.63) is 158 Å². The van der Waals surface area contributed by atoms with Crippen LogP contribution < -0.4 is 4.90 Å². The van der Waals surface area contributed by atoms with Crippen molar-refractivity contribution in [2.45, 2.75) is 0 Å². The van der Waals surface area contributed by atoms with E-state index in [9.17, 15) is 0 Å². The van der Waals surface area contributed by atoms with Gasteiger partial charge in [0.25, 0.3) is 0 Å². The van der Waals surface area contributed by atoms with E-state index in [1.807, 2.05) is 41.7 Å². The molecule has 45 heavy (non-hydrogen) atoms. The number of rotatable bonds is 5. The lowest BCUT2D eigenvalue weighted by Gasteiger charge is -2.26. The van der Waals surface area contributed by atoms with Crippen molar-refractivity contribution in [1.29, 1.82) is 0 Å². The number of fused-ring (bicyclic) bond motifs is 6. The largest absolute Gasteiger partial charge is 0.435 e. The van der Waals surface area contributed by atoms with E-state index >= 15 is 0 Å². The maximum Gasteiger partial charge on any atom is 0.227 e. The van der Waals surface area contributed by atoms with E-state index in [1.54, 1.807) is 0 Å². The average molecular weight is 595 g/mol. The highest BCUT2D eigenvalue weighted by Crippen LogP contribution is 2.45. The van der Waals surface area contributed by atoms with E-state index in [4.69, 9.17) is 9.40 Å². The highest BCUT2D eigenvalue weighted by molar-refractivity contribution is 7.25. The number of oxazole rings is 1. The molecule has 9 aromatic rings. The number of nitrogens with zero attached hydrogens (tertiary/aromatic N) is 2. The molecule has 0 bridgehead atoms. The zero-order valence-corrected chi connectivity index (χ0v) is 25.0. The Labute approximate surface area is 264 Å². The first-order chi connectivity index (χ1) is 22.3. The normalized spacial score (nSPS) is 11.6. The molecule has 0 atom stereocenters. The molecule has 0 unspecified atom stereocenters. The fourth-order valence-corrected chi connectivity index (χ4v) is 7.47. The Hall–Kier alpha value is -5.71. The Morgan fingerprint density at radius 1 is 0.489 bits per heavy atom. The molecule has 0 fully saturated rings. The number of benzene rings is 7. The maximum absolute atomic E-state index is 6.60. The third kappa shape index (κ3) is 4.38. The van der Waals surface area contributed by atoms with E-state index in [0.29, 0.717) is 5.89 Å². The van der Waals surface area contributed by atoms with Gasteiger partial charge in [0.1, 0.15) is 5.52 Å². The molecule has 7 aromatic carbocycles. The number of anilines is 3. The van der Waals surface area contributed by atoms with Gasteiger partial charge >= 0.3 is 0 Å². The lowest BCUT2D eigenvalue weighted by molar-refractivity contribution is 0.623. The quantitative estimate of drug-likeness (QED) is 0.198. The van der Waals surface area contributed by atoms with Gasteiger partial charge in [0.15, 0.2) is 5.58 Å². The molecule has 0 saturated carbocycles. The second kappa shape index (κ2) is 10.5. The Morgan fingerprint density at radius 2 is 1.16 bits per heavy atom. The van der Waals surface area contributed by atoms with Crippen LogP contribution in [0.15, 0.2) is 162 Å². The Kier molecular flexibility index (Phi) is 6.00. The number of aromatic nitrogens is 1. The van der Waals surface area contributed by atoms with Gasteiger partial charge in [-0.15, -0.1) is 11.3 Å². The van der Waals surface area contributed by atoms with Gasteiger partial charge in [-0.25, -0.2) is 4.98 Å². The minimum absolute atomic E-state index is 0.612. The van der Waals surface area contributed by atoms with Crippen LogP contribution in [-0.4, -0.2) is 4.98 Å². The number of hydrogen-bond acceptors (Lipinski definition) is 4.